The van der Waals surface area contributed by atoms with Crippen molar-refractivity contribution >= 4 is 23.3 Å². The molecule has 0 aliphatic carbocycles. The van der Waals surface area contributed by atoms with Gasteiger partial charge in [0.25, 0.3) is 0 Å². The Hall–Kier alpha value is -1.26. The summed E-state index contributed by atoms with van der Waals surface area (Å²) in [7, 11) is 0. The second-order valence-corrected chi connectivity index (χ2v) is 5.09. The van der Waals surface area contributed by atoms with Crippen LogP contribution >= 0.6 is 11.6 Å². The van der Waals surface area contributed by atoms with Crippen molar-refractivity contribution in [3.05, 3.63) is 28.8 Å². The summed E-state index contributed by atoms with van der Waals surface area (Å²) in [6.45, 7) is 2.32. The van der Waals surface area contributed by atoms with Crippen LogP contribution in [0.2, 0.25) is 5.02 Å². The van der Waals surface area contributed by atoms with Crippen molar-refractivity contribution in [1.29, 1.82) is 0 Å². The maximum atomic E-state index is 10.9. The number of anilines is 1. The van der Waals surface area contributed by atoms with Gasteiger partial charge in [-0.15, -0.1) is 0 Å². The van der Waals surface area contributed by atoms with Gasteiger partial charge >= 0.3 is 5.97 Å². The van der Waals surface area contributed by atoms with Crippen LogP contribution in [-0.4, -0.2) is 29.1 Å². The van der Waals surface area contributed by atoms with Gasteiger partial charge in [-0.3, -0.25) is 9.69 Å². The number of benzene rings is 1. The summed E-state index contributed by atoms with van der Waals surface area (Å²) in [4.78, 5) is 13.1. The predicted molar refractivity (Wildman–Crippen MR) is 71.5 cm³/mol. The maximum absolute atomic E-state index is 10.9. The van der Waals surface area contributed by atoms with Gasteiger partial charge < -0.3 is 10.8 Å². The molecule has 0 atom stereocenters. The van der Waals surface area contributed by atoms with Gasteiger partial charge in [0.1, 0.15) is 0 Å². The molecule has 1 aliphatic rings. The van der Waals surface area contributed by atoms with Gasteiger partial charge in [-0.1, -0.05) is 23.7 Å². The fourth-order valence-corrected chi connectivity index (χ4v) is 2.49. The highest BCUT2D eigenvalue weighted by atomic mass is 35.5. The van der Waals surface area contributed by atoms with Crippen LogP contribution in [0.15, 0.2) is 18.2 Å². The fraction of sp³-hybridized carbons (Fsp3) is 0.462. The Morgan fingerprint density at radius 1 is 1.44 bits per heavy atom. The summed E-state index contributed by atoms with van der Waals surface area (Å²) in [6.07, 6.45) is 1.41. The molecule has 0 spiro atoms. The number of nitrogens with zero attached hydrogens (tertiary/aromatic N) is 1. The molecule has 5 heteroatoms. The average Bonchev–Trinajstić information content (AvgIpc) is 2.36. The molecule has 1 aromatic carbocycles. The number of nitrogen functional groups attached to an aromatic ring is 1. The third-order valence-electron chi connectivity index (χ3n) is 3.44. The molecule has 98 valence electrons. The first-order chi connectivity index (χ1) is 8.58. The molecule has 0 bridgehead atoms. The molecule has 0 amide bonds. The molecule has 3 N–H and O–H groups in total. The number of carboxylic acid groups (broad SMARTS) is 1. The summed E-state index contributed by atoms with van der Waals surface area (Å²) in [5.41, 5.74) is 7.36. The van der Waals surface area contributed by atoms with E-state index in [9.17, 15) is 4.79 Å². The first-order valence-corrected chi connectivity index (χ1v) is 6.43. The quantitative estimate of drug-likeness (QED) is 0.825. The van der Waals surface area contributed by atoms with E-state index in [1.54, 1.807) is 6.07 Å². The van der Waals surface area contributed by atoms with Gasteiger partial charge in [-0.2, -0.15) is 0 Å². The van der Waals surface area contributed by atoms with Crippen LogP contribution in [0.25, 0.3) is 0 Å². The van der Waals surface area contributed by atoms with Crippen LogP contribution in [0.1, 0.15) is 18.4 Å². The highest BCUT2D eigenvalue weighted by Gasteiger charge is 2.24. The molecule has 0 unspecified atom stereocenters. The van der Waals surface area contributed by atoms with Crippen molar-refractivity contribution in [2.45, 2.75) is 19.4 Å². The van der Waals surface area contributed by atoms with Crippen molar-refractivity contribution in [2.24, 2.45) is 5.92 Å². The number of rotatable bonds is 3. The maximum Gasteiger partial charge on any atom is 0.306 e. The molecule has 18 heavy (non-hydrogen) atoms. The van der Waals surface area contributed by atoms with E-state index in [-0.39, 0.29) is 5.92 Å². The van der Waals surface area contributed by atoms with E-state index >= 15 is 0 Å². The minimum absolute atomic E-state index is 0.197. The van der Waals surface area contributed by atoms with Gasteiger partial charge in [-0.25, -0.2) is 0 Å². The normalized spacial score (nSPS) is 17.8. The molecule has 1 aliphatic heterocycles. The van der Waals surface area contributed by atoms with Gasteiger partial charge in [0.15, 0.2) is 0 Å². The number of likely N-dealkylation sites (tertiary alicyclic amines) is 1. The fourth-order valence-electron chi connectivity index (χ4n) is 2.30. The van der Waals surface area contributed by atoms with Crippen molar-refractivity contribution in [3.63, 3.8) is 0 Å². The molecule has 0 aromatic heterocycles. The van der Waals surface area contributed by atoms with Crippen LogP contribution in [0, 0.1) is 5.92 Å². The summed E-state index contributed by atoms with van der Waals surface area (Å²) in [5, 5.41) is 9.55. The number of nitrogens with two attached hydrogens (primary N) is 1. The summed E-state index contributed by atoms with van der Waals surface area (Å²) in [6, 6.07) is 5.63. The zero-order valence-corrected chi connectivity index (χ0v) is 10.9. The number of hydrogen-bond donors (Lipinski definition) is 2. The number of carboxylic acids is 1. The van der Waals surface area contributed by atoms with Crippen molar-refractivity contribution in [3.8, 4) is 0 Å². The zero-order valence-electron chi connectivity index (χ0n) is 10.1. The van der Waals surface area contributed by atoms with Crippen LogP contribution < -0.4 is 5.73 Å². The second-order valence-electron chi connectivity index (χ2n) is 4.71. The van der Waals surface area contributed by atoms with Crippen LogP contribution in [-0.2, 0) is 11.3 Å². The Bertz CT molecular complexity index is 443. The Morgan fingerprint density at radius 3 is 2.72 bits per heavy atom. The SMILES string of the molecule is Nc1cccc(CN2CCC(C(=O)O)CC2)c1Cl. The third-order valence-corrected chi connectivity index (χ3v) is 3.90. The van der Waals surface area contributed by atoms with Crippen LogP contribution in [0.3, 0.4) is 0 Å². The van der Waals surface area contributed by atoms with Gasteiger partial charge in [0, 0.05) is 6.54 Å². The molecule has 1 fully saturated rings. The zero-order chi connectivity index (χ0) is 13.1. The van der Waals surface area contributed by atoms with Crippen molar-refractivity contribution in [2.75, 3.05) is 18.8 Å². The minimum atomic E-state index is -0.684. The lowest BCUT2D eigenvalue weighted by Crippen LogP contribution is -2.35. The number of piperidine rings is 1. The van der Waals surface area contributed by atoms with E-state index in [2.05, 4.69) is 4.90 Å². The van der Waals surface area contributed by atoms with Gasteiger partial charge in [0.05, 0.1) is 16.6 Å². The second kappa shape index (κ2) is 5.59. The van der Waals surface area contributed by atoms with E-state index in [0.717, 1.165) is 25.2 Å². The summed E-state index contributed by atoms with van der Waals surface area (Å²) < 4.78 is 0. The van der Waals surface area contributed by atoms with Crippen LogP contribution in [0.4, 0.5) is 5.69 Å². The van der Waals surface area contributed by atoms with Crippen molar-refractivity contribution in [1.82, 2.24) is 4.90 Å². The Balaban J connectivity index is 1.96. The van der Waals surface area contributed by atoms with Crippen molar-refractivity contribution < 1.29 is 9.90 Å². The van der Waals surface area contributed by atoms with E-state index in [4.69, 9.17) is 22.4 Å². The molecule has 0 saturated carbocycles. The first kappa shape index (κ1) is 13.2. The van der Waals surface area contributed by atoms with E-state index in [0.29, 0.717) is 23.6 Å². The molecule has 1 aromatic rings. The smallest absolute Gasteiger partial charge is 0.306 e. The Kier molecular flexibility index (Phi) is 4.09. The van der Waals surface area contributed by atoms with Gasteiger partial charge in [0.2, 0.25) is 0 Å². The molecule has 2 rings (SSSR count). The van der Waals surface area contributed by atoms with Gasteiger partial charge in [-0.05, 0) is 37.6 Å². The van der Waals surface area contributed by atoms with E-state index < -0.39 is 5.97 Å². The summed E-state index contributed by atoms with van der Waals surface area (Å²) in [5.74, 6) is -0.880. The van der Waals surface area contributed by atoms with E-state index in [1.807, 2.05) is 12.1 Å². The monoisotopic (exact) mass is 268 g/mol. The standard InChI is InChI=1S/C13H17ClN2O2/c14-12-10(2-1-3-11(12)15)8-16-6-4-9(5-7-16)13(17)18/h1-3,9H,4-8,15H2,(H,17,18). The number of hydrogen-bond acceptors (Lipinski definition) is 3. The first-order valence-electron chi connectivity index (χ1n) is 6.06. The lowest BCUT2D eigenvalue weighted by molar-refractivity contribution is -0.143. The summed E-state index contributed by atoms with van der Waals surface area (Å²) >= 11 is 6.15. The molecular formula is C13H17ClN2O2. The molecular weight excluding hydrogens is 252 g/mol. The largest absolute Gasteiger partial charge is 0.481 e. The Morgan fingerprint density at radius 2 is 2.11 bits per heavy atom. The number of halogens is 1. The number of aliphatic carboxylic acids is 1. The molecule has 1 heterocycles. The molecule has 4 nitrogen and oxygen atoms in total. The average molecular weight is 269 g/mol. The topological polar surface area (TPSA) is 66.6 Å². The Labute approximate surface area is 111 Å². The lowest BCUT2D eigenvalue weighted by atomic mass is 9.97. The number of carbonyl (C=O) groups is 1. The minimum Gasteiger partial charge on any atom is -0.481 e. The third kappa shape index (κ3) is 2.94. The highest BCUT2D eigenvalue weighted by molar-refractivity contribution is 6.33. The lowest BCUT2D eigenvalue weighted by Gasteiger charge is -2.30. The highest BCUT2D eigenvalue weighted by Crippen LogP contribution is 2.26. The predicted octanol–water partition coefficient (Wildman–Crippen LogP) is 2.22. The molecule has 1 saturated heterocycles. The van der Waals surface area contributed by atoms with E-state index in [1.165, 1.54) is 0 Å². The van der Waals surface area contributed by atoms with Crippen LogP contribution in [0.5, 0.6) is 0 Å². The molecule has 0 radical (unpaired) electrons.